The monoisotopic (exact) mass is 222 g/mol. The Morgan fingerprint density at radius 3 is 2.53 bits per heavy atom. The van der Waals surface area contributed by atoms with E-state index in [2.05, 4.69) is 6.07 Å². The maximum Gasteiger partial charge on any atom is 0.309 e. The number of carboxylic acids is 1. The average Bonchev–Trinajstić information content (AvgIpc) is 1.97. The number of carbonyl (C=O) groups is 1. The van der Waals surface area contributed by atoms with Crippen molar-refractivity contribution < 1.29 is 9.90 Å². The summed E-state index contributed by atoms with van der Waals surface area (Å²) in [5.41, 5.74) is 0.934. The molecule has 2 bridgehead atoms. The van der Waals surface area contributed by atoms with Crippen molar-refractivity contribution in [3.05, 3.63) is 34.9 Å². The topological polar surface area (TPSA) is 37.3 Å². The Balaban J connectivity index is 1.87. The molecule has 0 spiro atoms. The maximum atomic E-state index is 11.0. The first-order valence-electron chi connectivity index (χ1n) is 5.06. The van der Waals surface area contributed by atoms with Crippen molar-refractivity contribution in [3.8, 4) is 0 Å². The van der Waals surface area contributed by atoms with E-state index in [1.54, 1.807) is 0 Å². The molecule has 3 aliphatic rings. The van der Waals surface area contributed by atoms with Gasteiger partial charge in [0.15, 0.2) is 0 Å². The molecule has 3 aliphatic carbocycles. The Morgan fingerprint density at radius 2 is 2.00 bits per heavy atom. The fourth-order valence-electron chi connectivity index (χ4n) is 3.14. The third-order valence-electron chi connectivity index (χ3n) is 3.92. The van der Waals surface area contributed by atoms with E-state index < -0.39 is 11.4 Å². The SMILES string of the molecule is O=C(O)C12CC(c3cccc(Cl)c3)(C1)C2. The predicted octanol–water partition coefficient (Wildman–Crippen LogP) is 2.85. The van der Waals surface area contributed by atoms with Crippen molar-refractivity contribution in [3.63, 3.8) is 0 Å². The number of aliphatic carboxylic acids is 1. The molecule has 78 valence electrons. The molecule has 1 aromatic carbocycles. The first-order chi connectivity index (χ1) is 7.06. The zero-order chi connectivity index (χ0) is 10.7. The quantitative estimate of drug-likeness (QED) is 0.836. The molecule has 0 amide bonds. The number of hydrogen-bond acceptors (Lipinski definition) is 1. The van der Waals surface area contributed by atoms with Gasteiger partial charge < -0.3 is 5.11 Å². The zero-order valence-electron chi connectivity index (χ0n) is 8.16. The third-order valence-corrected chi connectivity index (χ3v) is 4.16. The largest absolute Gasteiger partial charge is 0.481 e. The van der Waals surface area contributed by atoms with Crippen LogP contribution in [0.3, 0.4) is 0 Å². The van der Waals surface area contributed by atoms with Crippen LogP contribution in [0.2, 0.25) is 5.02 Å². The zero-order valence-corrected chi connectivity index (χ0v) is 8.92. The molecule has 0 unspecified atom stereocenters. The van der Waals surface area contributed by atoms with E-state index in [1.807, 2.05) is 18.2 Å². The van der Waals surface area contributed by atoms with Gasteiger partial charge in [0.2, 0.25) is 0 Å². The van der Waals surface area contributed by atoms with Gasteiger partial charge in [0.25, 0.3) is 0 Å². The highest BCUT2D eigenvalue weighted by Gasteiger charge is 2.72. The number of halogens is 1. The first-order valence-corrected chi connectivity index (χ1v) is 5.44. The highest BCUT2D eigenvalue weighted by atomic mass is 35.5. The second kappa shape index (κ2) is 2.56. The van der Waals surface area contributed by atoms with Gasteiger partial charge in [-0.05, 0) is 42.4 Å². The van der Waals surface area contributed by atoms with Crippen molar-refractivity contribution in [1.82, 2.24) is 0 Å². The molecule has 4 rings (SSSR count). The highest BCUT2D eigenvalue weighted by Crippen LogP contribution is 2.73. The van der Waals surface area contributed by atoms with Gasteiger partial charge in [-0.15, -0.1) is 0 Å². The molecule has 15 heavy (non-hydrogen) atoms. The fourth-order valence-corrected chi connectivity index (χ4v) is 3.33. The lowest BCUT2D eigenvalue weighted by atomic mass is 9.33. The van der Waals surface area contributed by atoms with E-state index in [9.17, 15) is 4.79 Å². The van der Waals surface area contributed by atoms with Crippen LogP contribution < -0.4 is 0 Å². The summed E-state index contributed by atoms with van der Waals surface area (Å²) < 4.78 is 0. The van der Waals surface area contributed by atoms with Gasteiger partial charge in [-0.1, -0.05) is 23.7 Å². The van der Waals surface area contributed by atoms with Gasteiger partial charge in [0, 0.05) is 5.02 Å². The van der Waals surface area contributed by atoms with Crippen molar-refractivity contribution >= 4 is 17.6 Å². The lowest BCUT2D eigenvalue weighted by Gasteiger charge is -2.68. The number of carboxylic acid groups (broad SMARTS) is 1. The van der Waals surface area contributed by atoms with E-state index in [0.717, 1.165) is 24.3 Å². The number of benzene rings is 1. The minimum Gasteiger partial charge on any atom is -0.481 e. The Bertz CT molecular complexity index is 433. The summed E-state index contributed by atoms with van der Waals surface area (Å²) in [6.45, 7) is 0. The Kier molecular flexibility index (Phi) is 1.57. The van der Waals surface area contributed by atoms with Crippen LogP contribution in [0.5, 0.6) is 0 Å². The molecule has 3 saturated carbocycles. The van der Waals surface area contributed by atoms with Gasteiger partial charge in [-0.25, -0.2) is 0 Å². The van der Waals surface area contributed by atoms with Crippen LogP contribution in [0.15, 0.2) is 24.3 Å². The molecule has 1 aromatic rings. The lowest BCUT2D eigenvalue weighted by Crippen LogP contribution is -2.67. The minimum atomic E-state index is -0.633. The second-order valence-corrected chi connectivity index (χ2v) is 5.34. The number of hydrogen-bond donors (Lipinski definition) is 1. The summed E-state index contributed by atoms with van der Waals surface area (Å²) >= 11 is 5.93. The summed E-state index contributed by atoms with van der Waals surface area (Å²) in [4.78, 5) is 11.0. The normalized spacial score (nSPS) is 36.6. The molecular weight excluding hydrogens is 212 g/mol. The van der Waals surface area contributed by atoms with Crippen LogP contribution in [0.25, 0.3) is 0 Å². The molecular formula is C12H11ClO2. The Hall–Kier alpha value is -1.02. The fraction of sp³-hybridized carbons (Fsp3) is 0.417. The standard InChI is InChI=1S/C12H11ClO2/c13-9-3-1-2-8(4-9)11-5-12(6-11,7-11)10(14)15/h1-4H,5-7H2,(H,14,15). The van der Waals surface area contributed by atoms with Gasteiger partial charge in [-0.2, -0.15) is 0 Å². The van der Waals surface area contributed by atoms with Crippen LogP contribution in [0, 0.1) is 5.41 Å². The summed E-state index contributed by atoms with van der Waals surface area (Å²) in [6, 6.07) is 7.80. The molecule has 0 heterocycles. The Labute approximate surface area is 92.9 Å². The maximum absolute atomic E-state index is 11.0. The van der Waals surface area contributed by atoms with E-state index in [-0.39, 0.29) is 5.41 Å². The van der Waals surface area contributed by atoms with Crippen LogP contribution in [0.4, 0.5) is 0 Å². The average molecular weight is 223 g/mol. The second-order valence-electron chi connectivity index (χ2n) is 4.91. The van der Waals surface area contributed by atoms with Gasteiger partial charge in [0.1, 0.15) is 0 Å². The molecule has 2 nitrogen and oxygen atoms in total. The third kappa shape index (κ3) is 1.03. The molecule has 3 heteroatoms. The molecule has 0 aliphatic heterocycles. The van der Waals surface area contributed by atoms with E-state index in [4.69, 9.17) is 16.7 Å². The van der Waals surface area contributed by atoms with Crippen molar-refractivity contribution in [1.29, 1.82) is 0 Å². The molecule has 0 atom stereocenters. The van der Waals surface area contributed by atoms with E-state index in [0.29, 0.717) is 0 Å². The first kappa shape index (κ1) is 9.22. The highest BCUT2D eigenvalue weighted by molar-refractivity contribution is 6.30. The summed E-state index contributed by atoms with van der Waals surface area (Å²) in [5, 5.41) is 9.76. The van der Waals surface area contributed by atoms with E-state index >= 15 is 0 Å². The Morgan fingerprint density at radius 1 is 1.33 bits per heavy atom. The van der Waals surface area contributed by atoms with Crippen LogP contribution in [-0.2, 0) is 10.2 Å². The van der Waals surface area contributed by atoms with Gasteiger partial charge >= 0.3 is 5.97 Å². The molecule has 1 N–H and O–H groups in total. The molecule has 0 radical (unpaired) electrons. The van der Waals surface area contributed by atoms with E-state index in [1.165, 1.54) is 5.56 Å². The molecule has 0 aromatic heterocycles. The van der Waals surface area contributed by atoms with Crippen molar-refractivity contribution in [2.45, 2.75) is 24.7 Å². The van der Waals surface area contributed by atoms with Gasteiger partial charge in [0.05, 0.1) is 5.41 Å². The summed E-state index contributed by atoms with van der Waals surface area (Å²) in [6.07, 6.45) is 2.36. The van der Waals surface area contributed by atoms with Crippen LogP contribution >= 0.6 is 11.6 Å². The minimum absolute atomic E-state index is 0.128. The lowest BCUT2D eigenvalue weighted by molar-refractivity contribution is -0.194. The summed E-state index contributed by atoms with van der Waals surface area (Å²) in [5.74, 6) is -0.633. The van der Waals surface area contributed by atoms with Gasteiger partial charge in [-0.3, -0.25) is 4.79 Å². The van der Waals surface area contributed by atoms with Crippen LogP contribution in [0.1, 0.15) is 24.8 Å². The van der Waals surface area contributed by atoms with Crippen LogP contribution in [-0.4, -0.2) is 11.1 Å². The van der Waals surface area contributed by atoms with Crippen molar-refractivity contribution in [2.24, 2.45) is 5.41 Å². The van der Waals surface area contributed by atoms with Crippen molar-refractivity contribution in [2.75, 3.05) is 0 Å². The smallest absolute Gasteiger partial charge is 0.309 e. The molecule has 0 saturated heterocycles. The number of rotatable bonds is 2. The summed E-state index contributed by atoms with van der Waals surface area (Å²) in [7, 11) is 0. The molecule has 3 fully saturated rings. The predicted molar refractivity (Wildman–Crippen MR) is 57.0 cm³/mol.